The molecule has 14 heavy (non-hydrogen) atoms. The zero-order chi connectivity index (χ0) is 10.6. The van der Waals surface area contributed by atoms with Crippen molar-refractivity contribution in [1.29, 1.82) is 0 Å². The second-order valence-electron chi connectivity index (χ2n) is 5.21. The van der Waals surface area contributed by atoms with Crippen LogP contribution >= 0.6 is 0 Å². The van der Waals surface area contributed by atoms with Gasteiger partial charge in [0.05, 0.1) is 0 Å². The van der Waals surface area contributed by atoms with Gasteiger partial charge in [0.25, 0.3) is 0 Å². The first-order chi connectivity index (χ1) is 6.65. The zero-order valence-corrected chi connectivity index (χ0v) is 10.3. The van der Waals surface area contributed by atoms with Crippen molar-refractivity contribution in [3.63, 3.8) is 0 Å². The van der Waals surface area contributed by atoms with E-state index in [9.17, 15) is 0 Å². The Bertz CT molecular complexity index is 155. The van der Waals surface area contributed by atoms with E-state index in [4.69, 9.17) is 0 Å². The summed E-state index contributed by atoms with van der Waals surface area (Å²) < 4.78 is 0. The first-order valence-electron chi connectivity index (χ1n) is 6.41. The number of nitrogens with one attached hydrogen (secondary N) is 1. The van der Waals surface area contributed by atoms with E-state index in [0.29, 0.717) is 6.04 Å². The Morgan fingerprint density at radius 1 is 1.21 bits per heavy atom. The van der Waals surface area contributed by atoms with Crippen molar-refractivity contribution in [2.75, 3.05) is 0 Å². The van der Waals surface area contributed by atoms with Gasteiger partial charge in [0.1, 0.15) is 0 Å². The van der Waals surface area contributed by atoms with Crippen molar-refractivity contribution < 1.29 is 0 Å². The summed E-state index contributed by atoms with van der Waals surface area (Å²) in [6, 6.07) is 1.47. The SMILES string of the molecule is CC[C@@H](C)[C@H](C)N[C@@H]1CCCC[C@@H]1C. The van der Waals surface area contributed by atoms with E-state index in [0.717, 1.165) is 17.9 Å². The van der Waals surface area contributed by atoms with Crippen molar-refractivity contribution in [2.45, 2.75) is 71.9 Å². The van der Waals surface area contributed by atoms with E-state index < -0.39 is 0 Å². The van der Waals surface area contributed by atoms with Crippen LogP contribution in [0.2, 0.25) is 0 Å². The Balaban J connectivity index is 2.34. The van der Waals surface area contributed by atoms with Crippen LogP contribution in [0.5, 0.6) is 0 Å². The van der Waals surface area contributed by atoms with Crippen LogP contribution in [-0.2, 0) is 0 Å². The van der Waals surface area contributed by atoms with Crippen molar-refractivity contribution >= 4 is 0 Å². The zero-order valence-electron chi connectivity index (χ0n) is 10.3. The Morgan fingerprint density at radius 2 is 1.86 bits per heavy atom. The third-order valence-electron chi connectivity index (χ3n) is 4.09. The molecule has 84 valence electrons. The quantitative estimate of drug-likeness (QED) is 0.726. The molecule has 1 heteroatoms. The Hall–Kier alpha value is -0.0400. The minimum absolute atomic E-state index is 0.686. The van der Waals surface area contributed by atoms with Crippen LogP contribution < -0.4 is 5.32 Å². The summed E-state index contributed by atoms with van der Waals surface area (Å²) in [6.45, 7) is 9.38. The monoisotopic (exact) mass is 197 g/mol. The van der Waals surface area contributed by atoms with Crippen LogP contribution in [0.3, 0.4) is 0 Å². The largest absolute Gasteiger partial charge is 0.311 e. The predicted molar refractivity (Wildman–Crippen MR) is 63.5 cm³/mol. The second-order valence-corrected chi connectivity index (χ2v) is 5.21. The maximum absolute atomic E-state index is 3.82. The molecule has 0 bridgehead atoms. The Morgan fingerprint density at radius 3 is 2.43 bits per heavy atom. The van der Waals surface area contributed by atoms with Crippen molar-refractivity contribution in [3.8, 4) is 0 Å². The molecule has 1 saturated carbocycles. The molecule has 0 amide bonds. The number of hydrogen-bond acceptors (Lipinski definition) is 1. The highest BCUT2D eigenvalue weighted by atomic mass is 15.0. The van der Waals surface area contributed by atoms with Crippen molar-refractivity contribution in [3.05, 3.63) is 0 Å². The molecule has 0 aliphatic heterocycles. The Labute approximate surface area is 89.7 Å². The fourth-order valence-corrected chi connectivity index (χ4v) is 2.42. The molecule has 0 unspecified atom stereocenters. The number of hydrogen-bond donors (Lipinski definition) is 1. The van der Waals surface area contributed by atoms with Gasteiger partial charge >= 0.3 is 0 Å². The van der Waals surface area contributed by atoms with Crippen LogP contribution in [0.15, 0.2) is 0 Å². The molecule has 0 aromatic carbocycles. The summed E-state index contributed by atoms with van der Waals surface area (Å²) in [6.07, 6.45) is 6.97. The van der Waals surface area contributed by atoms with Gasteiger partial charge in [0.15, 0.2) is 0 Å². The van der Waals surface area contributed by atoms with E-state index in [-0.39, 0.29) is 0 Å². The fourth-order valence-electron chi connectivity index (χ4n) is 2.42. The molecular weight excluding hydrogens is 170 g/mol. The lowest BCUT2D eigenvalue weighted by Gasteiger charge is -2.34. The standard InChI is InChI=1S/C13H27N/c1-5-10(2)12(4)14-13-9-7-6-8-11(13)3/h10-14H,5-9H2,1-4H3/t10-,11+,12+,13-/m1/s1. The number of rotatable bonds is 4. The fraction of sp³-hybridized carbons (Fsp3) is 1.00. The lowest BCUT2D eigenvalue weighted by atomic mass is 9.85. The first kappa shape index (κ1) is 12.0. The van der Waals surface area contributed by atoms with E-state index in [1.165, 1.54) is 32.1 Å². The highest BCUT2D eigenvalue weighted by Crippen LogP contribution is 2.24. The predicted octanol–water partition coefficient (Wildman–Crippen LogP) is 3.59. The van der Waals surface area contributed by atoms with Crippen molar-refractivity contribution in [1.82, 2.24) is 5.32 Å². The van der Waals surface area contributed by atoms with Crippen LogP contribution in [0.1, 0.15) is 59.8 Å². The van der Waals surface area contributed by atoms with Gasteiger partial charge < -0.3 is 5.32 Å². The van der Waals surface area contributed by atoms with Gasteiger partial charge in [0.2, 0.25) is 0 Å². The molecular formula is C13H27N. The molecule has 0 spiro atoms. The van der Waals surface area contributed by atoms with E-state index in [1.807, 2.05) is 0 Å². The van der Waals surface area contributed by atoms with Crippen LogP contribution in [0.25, 0.3) is 0 Å². The van der Waals surface area contributed by atoms with E-state index in [1.54, 1.807) is 0 Å². The average molecular weight is 197 g/mol. The minimum Gasteiger partial charge on any atom is -0.311 e. The molecule has 1 aliphatic carbocycles. The van der Waals surface area contributed by atoms with E-state index >= 15 is 0 Å². The summed E-state index contributed by atoms with van der Waals surface area (Å²) >= 11 is 0. The third-order valence-corrected chi connectivity index (χ3v) is 4.09. The molecule has 4 atom stereocenters. The summed E-state index contributed by atoms with van der Waals surface area (Å²) in [4.78, 5) is 0. The molecule has 1 nitrogen and oxygen atoms in total. The van der Waals surface area contributed by atoms with Gasteiger partial charge in [-0.15, -0.1) is 0 Å². The topological polar surface area (TPSA) is 12.0 Å². The minimum atomic E-state index is 0.686. The van der Waals surface area contributed by atoms with Gasteiger partial charge in [-0.05, 0) is 31.6 Å². The summed E-state index contributed by atoms with van der Waals surface area (Å²) in [5.74, 6) is 1.69. The van der Waals surface area contributed by atoms with Gasteiger partial charge in [-0.25, -0.2) is 0 Å². The van der Waals surface area contributed by atoms with Gasteiger partial charge in [-0.2, -0.15) is 0 Å². The first-order valence-corrected chi connectivity index (χ1v) is 6.41. The van der Waals surface area contributed by atoms with Gasteiger partial charge in [-0.1, -0.05) is 40.0 Å². The third kappa shape index (κ3) is 3.27. The molecule has 1 rings (SSSR count). The van der Waals surface area contributed by atoms with Crippen LogP contribution in [0.4, 0.5) is 0 Å². The molecule has 1 fully saturated rings. The molecule has 0 saturated heterocycles. The highest BCUT2D eigenvalue weighted by Gasteiger charge is 2.23. The second kappa shape index (κ2) is 5.75. The summed E-state index contributed by atoms with van der Waals surface area (Å²) in [5.41, 5.74) is 0. The normalized spacial score (nSPS) is 32.6. The molecule has 1 N–H and O–H groups in total. The lowest BCUT2D eigenvalue weighted by molar-refractivity contribution is 0.237. The summed E-state index contributed by atoms with van der Waals surface area (Å²) in [7, 11) is 0. The lowest BCUT2D eigenvalue weighted by Crippen LogP contribution is -2.44. The maximum Gasteiger partial charge on any atom is 0.00952 e. The molecule has 0 radical (unpaired) electrons. The summed E-state index contributed by atoms with van der Waals surface area (Å²) in [5, 5.41) is 3.82. The molecule has 0 heterocycles. The van der Waals surface area contributed by atoms with Crippen LogP contribution in [0, 0.1) is 11.8 Å². The van der Waals surface area contributed by atoms with Crippen molar-refractivity contribution in [2.24, 2.45) is 11.8 Å². The average Bonchev–Trinajstić information content (AvgIpc) is 2.20. The van der Waals surface area contributed by atoms with Gasteiger partial charge in [-0.3, -0.25) is 0 Å². The maximum atomic E-state index is 3.82. The van der Waals surface area contributed by atoms with Crippen LogP contribution in [-0.4, -0.2) is 12.1 Å². The molecule has 0 aromatic rings. The smallest absolute Gasteiger partial charge is 0.00952 e. The molecule has 0 aromatic heterocycles. The molecule has 1 aliphatic rings. The van der Waals surface area contributed by atoms with E-state index in [2.05, 4.69) is 33.0 Å². The van der Waals surface area contributed by atoms with Gasteiger partial charge in [0, 0.05) is 12.1 Å². The Kier molecular flexibility index (Phi) is 4.94. The highest BCUT2D eigenvalue weighted by molar-refractivity contribution is 4.81.